The predicted octanol–water partition coefficient (Wildman–Crippen LogP) is 5.75. The molecule has 6 fully saturated rings. The second-order valence-corrected chi connectivity index (χ2v) is 12.9. The average Bonchev–Trinajstić information content (AvgIpc) is 3.52. The largest absolute Gasteiger partial charge is 0.509 e. The summed E-state index contributed by atoms with van der Waals surface area (Å²) >= 11 is 0. The molecule has 6 bridgehead atoms. The minimum atomic E-state index is -0.500. The molecule has 2 saturated heterocycles. The Kier molecular flexibility index (Phi) is 3.95. The van der Waals surface area contributed by atoms with Crippen LogP contribution in [0, 0.1) is 53.3 Å². The Labute approximate surface area is 186 Å². The summed E-state index contributed by atoms with van der Waals surface area (Å²) in [5.41, 5.74) is -0.374. The first kappa shape index (κ1) is 19.4. The van der Waals surface area contributed by atoms with Gasteiger partial charge < -0.3 is 14.2 Å². The fourth-order valence-electron chi connectivity index (χ4n) is 10.2. The fourth-order valence-corrected chi connectivity index (χ4v) is 10.2. The Morgan fingerprint density at radius 3 is 2.52 bits per heavy atom. The maximum absolute atomic E-state index is 12.5. The predicted molar refractivity (Wildman–Crippen MR) is 116 cm³/mol. The van der Waals surface area contributed by atoms with Crippen LogP contribution in [0.1, 0.15) is 72.1 Å². The normalized spacial score (nSPS) is 53.8. The average molecular weight is 427 g/mol. The van der Waals surface area contributed by atoms with E-state index in [2.05, 4.69) is 12.2 Å². The summed E-state index contributed by atoms with van der Waals surface area (Å²) in [6, 6.07) is 0. The summed E-state index contributed by atoms with van der Waals surface area (Å²) in [5, 5.41) is 0. The van der Waals surface area contributed by atoms with Gasteiger partial charge in [-0.3, -0.25) is 0 Å². The van der Waals surface area contributed by atoms with Gasteiger partial charge in [-0.25, -0.2) is 4.79 Å². The molecule has 11 unspecified atom stereocenters. The number of hydrogen-bond acceptors (Lipinski definition) is 4. The minimum absolute atomic E-state index is 0.0278. The second kappa shape index (κ2) is 6.30. The Morgan fingerprint density at radius 1 is 0.968 bits per heavy atom. The lowest BCUT2D eigenvalue weighted by atomic mass is 9.51. The molecule has 0 radical (unpaired) electrons. The molecule has 4 nitrogen and oxygen atoms in total. The molecular weight excluding hydrogens is 388 g/mol. The van der Waals surface area contributed by atoms with E-state index in [1.54, 1.807) is 0 Å². The van der Waals surface area contributed by atoms with Crippen molar-refractivity contribution in [2.75, 3.05) is 0 Å². The number of hydrogen-bond donors (Lipinski definition) is 0. The van der Waals surface area contributed by atoms with Crippen LogP contribution < -0.4 is 0 Å². The highest BCUT2D eigenvalue weighted by molar-refractivity contribution is 5.61. The van der Waals surface area contributed by atoms with Gasteiger partial charge in [-0.1, -0.05) is 31.4 Å². The Hall–Kier alpha value is -1.03. The Bertz CT molecular complexity index is 807. The summed E-state index contributed by atoms with van der Waals surface area (Å²) in [5.74, 6) is 6.18. The highest BCUT2D eigenvalue weighted by Gasteiger charge is 2.80. The molecule has 0 aromatic heterocycles. The summed E-state index contributed by atoms with van der Waals surface area (Å²) in [7, 11) is 0. The zero-order valence-corrected chi connectivity index (χ0v) is 19.3. The molecule has 5 aliphatic carbocycles. The number of fused-ring (bicyclic) bond motifs is 16. The van der Waals surface area contributed by atoms with Gasteiger partial charge in [-0.05, 0) is 94.3 Å². The number of allylic oxidation sites excluding steroid dienone is 2. The van der Waals surface area contributed by atoms with Crippen molar-refractivity contribution in [1.82, 2.24) is 0 Å². The highest BCUT2D eigenvalue weighted by Crippen LogP contribution is 2.77. The number of carbonyl (C=O) groups is 1. The van der Waals surface area contributed by atoms with Crippen LogP contribution in [-0.4, -0.2) is 29.6 Å². The zero-order valence-electron chi connectivity index (χ0n) is 19.3. The molecule has 0 aromatic rings. The van der Waals surface area contributed by atoms with Gasteiger partial charge in [0.2, 0.25) is 0 Å². The lowest BCUT2D eigenvalue weighted by molar-refractivity contribution is -0.112. The van der Waals surface area contributed by atoms with Crippen LogP contribution in [0.25, 0.3) is 0 Å². The van der Waals surface area contributed by atoms with E-state index < -0.39 is 11.8 Å². The topological polar surface area (TPSA) is 44.8 Å². The van der Waals surface area contributed by atoms with E-state index in [0.717, 1.165) is 36.0 Å². The van der Waals surface area contributed by atoms with Crippen molar-refractivity contribution in [1.29, 1.82) is 0 Å². The first-order valence-electron chi connectivity index (χ1n) is 13.1. The SMILES string of the molecule is CC(C)(C)OC(=O)OC1CC2CC1C1C3OC(C4CCCCC4)(C4C5C=CC(C5)C34)C21. The first-order valence-corrected chi connectivity index (χ1v) is 13.1. The highest BCUT2D eigenvalue weighted by atomic mass is 16.7. The Balaban J connectivity index is 1.20. The van der Waals surface area contributed by atoms with Gasteiger partial charge in [0.25, 0.3) is 0 Å². The molecule has 0 N–H and O–H groups in total. The summed E-state index contributed by atoms with van der Waals surface area (Å²) in [4.78, 5) is 12.5. The maximum Gasteiger partial charge on any atom is 0.509 e. The van der Waals surface area contributed by atoms with Crippen molar-refractivity contribution in [3.63, 3.8) is 0 Å². The monoisotopic (exact) mass is 426 g/mol. The van der Waals surface area contributed by atoms with Crippen molar-refractivity contribution in [2.45, 2.75) is 95.5 Å². The van der Waals surface area contributed by atoms with E-state index in [1.165, 1.54) is 44.9 Å². The second-order valence-electron chi connectivity index (χ2n) is 12.9. The lowest BCUT2D eigenvalue weighted by Gasteiger charge is -2.52. The van der Waals surface area contributed by atoms with Gasteiger partial charge in [0, 0.05) is 11.8 Å². The third-order valence-corrected chi connectivity index (χ3v) is 10.5. The van der Waals surface area contributed by atoms with Crippen molar-refractivity contribution >= 4 is 6.16 Å². The summed E-state index contributed by atoms with van der Waals surface area (Å²) in [6.45, 7) is 5.72. The lowest BCUT2D eigenvalue weighted by Crippen LogP contribution is -2.57. The molecule has 4 saturated carbocycles. The van der Waals surface area contributed by atoms with Crippen LogP contribution in [0.3, 0.4) is 0 Å². The molecule has 0 aromatic carbocycles. The first-order chi connectivity index (χ1) is 14.9. The van der Waals surface area contributed by atoms with Gasteiger partial charge in [0.05, 0.1) is 11.7 Å². The molecule has 0 spiro atoms. The smallest absolute Gasteiger partial charge is 0.431 e. The van der Waals surface area contributed by atoms with Gasteiger partial charge in [0.1, 0.15) is 11.7 Å². The molecule has 2 aliphatic heterocycles. The minimum Gasteiger partial charge on any atom is -0.431 e. The third-order valence-electron chi connectivity index (χ3n) is 10.5. The van der Waals surface area contributed by atoms with Crippen molar-refractivity contribution < 1.29 is 19.0 Å². The molecule has 2 heterocycles. The van der Waals surface area contributed by atoms with Crippen LogP contribution >= 0.6 is 0 Å². The van der Waals surface area contributed by atoms with E-state index in [0.29, 0.717) is 29.8 Å². The van der Waals surface area contributed by atoms with Crippen LogP contribution in [0.2, 0.25) is 0 Å². The van der Waals surface area contributed by atoms with Crippen LogP contribution in [0.4, 0.5) is 4.79 Å². The number of ether oxygens (including phenoxy) is 3. The molecule has 31 heavy (non-hydrogen) atoms. The van der Waals surface area contributed by atoms with Crippen molar-refractivity contribution in [2.24, 2.45) is 53.3 Å². The Morgan fingerprint density at radius 2 is 1.74 bits per heavy atom. The fraction of sp³-hybridized carbons (Fsp3) is 0.889. The summed E-state index contributed by atoms with van der Waals surface area (Å²) in [6.07, 6.45) is 15.6. The van der Waals surface area contributed by atoms with E-state index in [9.17, 15) is 4.79 Å². The number of carbonyl (C=O) groups excluding carboxylic acids is 1. The standard InChI is InChI=1S/C27H38O4/c1-26(2,3)31-25(28)29-19-13-16-12-18(19)21-23(16)27(17-7-5-4-6-8-17)22-15-10-9-14(11-15)20(22)24(21)30-27/h9-10,14-24H,4-8,11-13H2,1-3H3. The van der Waals surface area contributed by atoms with Crippen molar-refractivity contribution in [3.8, 4) is 0 Å². The molecule has 4 heteroatoms. The maximum atomic E-state index is 12.5. The molecule has 0 amide bonds. The van der Waals surface area contributed by atoms with Crippen LogP contribution in [-0.2, 0) is 14.2 Å². The van der Waals surface area contributed by atoms with Crippen LogP contribution in [0.5, 0.6) is 0 Å². The van der Waals surface area contributed by atoms with E-state index in [4.69, 9.17) is 14.2 Å². The molecule has 7 aliphatic rings. The number of rotatable bonds is 2. The van der Waals surface area contributed by atoms with Crippen LogP contribution in [0.15, 0.2) is 12.2 Å². The zero-order chi connectivity index (χ0) is 21.1. The van der Waals surface area contributed by atoms with Gasteiger partial charge in [-0.2, -0.15) is 0 Å². The third kappa shape index (κ3) is 2.49. The molecular formula is C27H38O4. The van der Waals surface area contributed by atoms with Gasteiger partial charge in [0.15, 0.2) is 0 Å². The van der Waals surface area contributed by atoms with E-state index >= 15 is 0 Å². The van der Waals surface area contributed by atoms with E-state index in [1.807, 2.05) is 20.8 Å². The molecule has 11 atom stereocenters. The van der Waals surface area contributed by atoms with E-state index in [-0.39, 0.29) is 11.7 Å². The molecule has 7 rings (SSSR count). The summed E-state index contributed by atoms with van der Waals surface area (Å²) < 4.78 is 18.8. The van der Waals surface area contributed by atoms with Gasteiger partial charge in [-0.15, -0.1) is 0 Å². The van der Waals surface area contributed by atoms with Crippen molar-refractivity contribution in [3.05, 3.63) is 12.2 Å². The molecule has 170 valence electrons. The van der Waals surface area contributed by atoms with Gasteiger partial charge >= 0.3 is 6.16 Å². The quantitative estimate of drug-likeness (QED) is 0.417.